The smallest absolute Gasteiger partial charge is 0.323 e. The second-order valence-electron chi connectivity index (χ2n) is 7.91. The summed E-state index contributed by atoms with van der Waals surface area (Å²) in [5.41, 5.74) is 3.42. The Hall–Kier alpha value is -3.52. The summed E-state index contributed by atoms with van der Waals surface area (Å²) in [7, 11) is -3.62. The molecule has 0 atom stereocenters. The summed E-state index contributed by atoms with van der Waals surface area (Å²) >= 11 is 0. The molecule has 0 bridgehead atoms. The van der Waals surface area contributed by atoms with Crippen molar-refractivity contribution in [3.05, 3.63) is 101 Å². The van der Waals surface area contributed by atoms with Crippen molar-refractivity contribution in [3.63, 3.8) is 0 Å². The highest BCUT2D eigenvalue weighted by Crippen LogP contribution is 2.29. The van der Waals surface area contributed by atoms with Crippen LogP contribution in [0.3, 0.4) is 0 Å². The molecular weight excluding hydrogens is 448 g/mol. The topological polar surface area (TPSA) is 76.4 Å². The highest BCUT2D eigenvalue weighted by Gasteiger charge is 2.18. The van der Waals surface area contributed by atoms with Crippen LogP contribution in [0, 0.1) is 18.6 Å². The first-order valence-corrected chi connectivity index (χ1v) is 11.8. The summed E-state index contributed by atoms with van der Waals surface area (Å²) in [6.45, 7) is 1.55. The lowest BCUT2D eigenvalue weighted by Crippen LogP contribution is -2.10. The van der Waals surface area contributed by atoms with Crippen molar-refractivity contribution >= 4 is 26.7 Å². The number of aromatic nitrogens is 1. The van der Waals surface area contributed by atoms with Crippen LogP contribution in [0.2, 0.25) is 0 Å². The van der Waals surface area contributed by atoms with Gasteiger partial charge in [-0.3, -0.25) is 4.79 Å². The molecule has 3 aromatic carbocycles. The van der Waals surface area contributed by atoms with Crippen LogP contribution in [0.15, 0.2) is 71.6 Å². The van der Waals surface area contributed by atoms with Crippen molar-refractivity contribution in [2.24, 2.45) is 0 Å². The van der Waals surface area contributed by atoms with E-state index in [0.717, 1.165) is 11.1 Å². The Morgan fingerprint density at radius 2 is 1.52 bits per heavy atom. The van der Waals surface area contributed by atoms with Gasteiger partial charge in [-0.05, 0) is 72.5 Å². The molecule has 0 aliphatic rings. The van der Waals surface area contributed by atoms with Crippen LogP contribution in [0.1, 0.15) is 22.4 Å². The van der Waals surface area contributed by atoms with Gasteiger partial charge in [0.1, 0.15) is 18.2 Å². The van der Waals surface area contributed by atoms with Crippen LogP contribution >= 0.6 is 0 Å². The van der Waals surface area contributed by atoms with Gasteiger partial charge >= 0.3 is 5.97 Å². The van der Waals surface area contributed by atoms with Crippen molar-refractivity contribution in [2.45, 2.75) is 30.5 Å². The maximum absolute atomic E-state index is 13.9. The first-order chi connectivity index (χ1) is 15.6. The lowest BCUT2D eigenvalue weighted by Gasteiger charge is -2.08. The number of carboxylic acids is 1. The van der Waals surface area contributed by atoms with Crippen molar-refractivity contribution in [2.75, 3.05) is 0 Å². The predicted molar refractivity (Wildman–Crippen MR) is 121 cm³/mol. The first kappa shape index (κ1) is 22.7. The molecule has 0 unspecified atom stereocenters. The molecule has 0 spiro atoms. The number of hydrogen-bond acceptors (Lipinski definition) is 3. The van der Waals surface area contributed by atoms with Gasteiger partial charge in [-0.25, -0.2) is 17.2 Å². The van der Waals surface area contributed by atoms with Crippen LogP contribution in [0.25, 0.3) is 10.9 Å². The zero-order valence-corrected chi connectivity index (χ0v) is 18.6. The van der Waals surface area contributed by atoms with Crippen LogP contribution in [0.5, 0.6) is 0 Å². The number of nitrogens with zero attached hydrogens (tertiary/aromatic N) is 1. The van der Waals surface area contributed by atoms with Gasteiger partial charge in [-0.1, -0.05) is 24.3 Å². The van der Waals surface area contributed by atoms with Gasteiger partial charge in [0.15, 0.2) is 9.84 Å². The monoisotopic (exact) mass is 469 g/mol. The normalized spacial score (nSPS) is 11.7. The molecule has 0 saturated carbocycles. The van der Waals surface area contributed by atoms with Crippen molar-refractivity contribution in [1.82, 2.24) is 4.57 Å². The SMILES string of the molecule is Cc1c(Cc2ccc(S(=O)(=O)Cc3ccc(F)cc3)cc2)c2cc(F)ccc2n1CC(=O)O. The van der Waals surface area contributed by atoms with Gasteiger partial charge in [0, 0.05) is 16.6 Å². The molecule has 1 aromatic heterocycles. The van der Waals surface area contributed by atoms with Gasteiger partial charge in [0.2, 0.25) is 0 Å². The van der Waals surface area contributed by atoms with E-state index in [1.54, 1.807) is 29.7 Å². The number of carboxylic acid groups (broad SMARTS) is 1. The summed E-state index contributed by atoms with van der Waals surface area (Å²) < 4.78 is 54.1. The molecular formula is C25H21F2NO4S. The standard InChI is InChI=1S/C25H21F2NO4S/c1-16-22(23-13-20(27)8-11-24(23)28(16)14-25(29)30)12-17-4-9-21(10-5-17)33(31,32)15-18-2-6-19(26)7-3-18/h2-11,13H,12,14-15H2,1H3,(H,29,30). The molecule has 170 valence electrons. The van der Waals surface area contributed by atoms with E-state index >= 15 is 0 Å². The number of sulfone groups is 1. The van der Waals surface area contributed by atoms with Crippen molar-refractivity contribution in [3.8, 4) is 0 Å². The molecule has 4 aromatic rings. The third kappa shape index (κ3) is 4.80. The van der Waals surface area contributed by atoms with Crippen molar-refractivity contribution < 1.29 is 27.1 Å². The molecule has 33 heavy (non-hydrogen) atoms. The Labute approximate surface area is 189 Å². The summed E-state index contributed by atoms with van der Waals surface area (Å²) in [6, 6.07) is 16.0. The molecule has 0 fully saturated rings. The molecule has 1 N–H and O–H groups in total. The van der Waals surface area contributed by atoms with Crippen LogP contribution < -0.4 is 0 Å². The minimum Gasteiger partial charge on any atom is -0.480 e. The Bertz CT molecular complexity index is 1440. The number of rotatable bonds is 7. The van der Waals surface area contributed by atoms with Gasteiger partial charge < -0.3 is 9.67 Å². The van der Waals surface area contributed by atoms with E-state index in [4.69, 9.17) is 0 Å². The summed E-state index contributed by atoms with van der Waals surface area (Å²) in [5.74, 6) is -2.09. The van der Waals surface area contributed by atoms with Crippen LogP contribution in [-0.2, 0) is 33.4 Å². The lowest BCUT2D eigenvalue weighted by atomic mass is 10.0. The highest BCUT2D eigenvalue weighted by molar-refractivity contribution is 7.90. The maximum atomic E-state index is 13.9. The van der Waals surface area contributed by atoms with Gasteiger partial charge in [0.05, 0.1) is 10.6 Å². The molecule has 0 aliphatic carbocycles. The summed E-state index contributed by atoms with van der Waals surface area (Å²) in [6.07, 6.45) is 0.386. The summed E-state index contributed by atoms with van der Waals surface area (Å²) in [5, 5.41) is 9.89. The predicted octanol–water partition coefficient (Wildman–Crippen LogP) is 4.88. The fourth-order valence-corrected chi connectivity index (χ4v) is 5.34. The van der Waals surface area contributed by atoms with E-state index in [1.165, 1.54) is 48.5 Å². The third-order valence-corrected chi connectivity index (χ3v) is 7.35. The fraction of sp³-hybridized carbons (Fsp3) is 0.160. The quantitative estimate of drug-likeness (QED) is 0.419. The van der Waals surface area contributed by atoms with Gasteiger partial charge in [-0.2, -0.15) is 0 Å². The minimum atomic E-state index is -3.62. The number of benzene rings is 3. The third-order valence-electron chi connectivity index (χ3n) is 5.64. The van der Waals surface area contributed by atoms with E-state index in [2.05, 4.69) is 0 Å². The van der Waals surface area contributed by atoms with E-state index in [9.17, 15) is 27.1 Å². The van der Waals surface area contributed by atoms with E-state index in [0.29, 0.717) is 28.6 Å². The number of halogens is 2. The molecule has 0 amide bonds. The summed E-state index contributed by atoms with van der Waals surface area (Å²) in [4.78, 5) is 11.5. The first-order valence-electron chi connectivity index (χ1n) is 10.2. The van der Waals surface area contributed by atoms with Crippen LogP contribution in [0.4, 0.5) is 8.78 Å². The maximum Gasteiger partial charge on any atom is 0.323 e. The van der Waals surface area contributed by atoms with E-state index in [-0.39, 0.29) is 17.2 Å². The molecule has 0 aliphatic heterocycles. The highest BCUT2D eigenvalue weighted by atomic mass is 32.2. The Morgan fingerprint density at radius 1 is 0.909 bits per heavy atom. The zero-order valence-electron chi connectivity index (χ0n) is 17.8. The van der Waals surface area contributed by atoms with Crippen LogP contribution in [-0.4, -0.2) is 24.1 Å². The Morgan fingerprint density at radius 3 is 2.15 bits per heavy atom. The molecule has 0 radical (unpaired) electrons. The Kier molecular flexibility index (Phi) is 6.03. The number of aliphatic carboxylic acids is 1. The largest absolute Gasteiger partial charge is 0.480 e. The molecule has 4 rings (SSSR count). The van der Waals surface area contributed by atoms with Crippen molar-refractivity contribution in [1.29, 1.82) is 0 Å². The zero-order chi connectivity index (χ0) is 23.8. The lowest BCUT2D eigenvalue weighted by molar-refractivity contribution is -0.137. The van der Waals surface area contributed by atoms with E-state index in [1.807, 2.05) is 0 Å². The molecule has 5 nitrogen and oxygen atoms in total. The number of hydrogen-bond donors (Lipinski definition) is 1. The van der Waals surface area contributed by atoms with E-state index < -0.39 is 27.4 Å². The minimum absolute atomic E-state index is 0.145. The number of carbonyl (C=O) groups is 1. The fourth-order valence-electron chi connectivity index (χ4n) is 3.99. The second-order valence-corrected chi connectivity index (χ2v) is 9.90. The molecule has 8 heteroatoms. The molecule has 0 saturated heterocycles. The average molecular weight is 470 g/mol. The number of fused-ring (bicyclic) bond motifs is 1. The van der Waals surface area contributed by atoms with Gasteiger partial charge in [-0.15, -0.1) is 0 Å². The average Bonchev–Trinajstić information content (AvgIpc) is 3.00. The van der Waals surface area contributed by atoms with Gasteiger partial charge in [0.25, 0.3) is 0 Å². The Balaban J connectivity index is 1.63. The molecule has 1 heterocycles. The second kappa shape index (κ2) is 8.78.